The number of rotatable bonds is 0. The summed E-state index contributed by atoms with van der Waals surface area (Å²) in [6.45, 7) is 0. The Morgan fingerprint density at radius 3 is 2.47 bits per heavy atom. The van der Waals surface area contributed by atoms with Crippen LogP contribution < -0.4 is 22.6 Å². The smallest absolute Gasteiger partial charge is 0.150 e. The number of nitrogens with two attached hydrogens (primary N) is 3. The number of nitrogens with zero attached hydrogens (tertiary/aromatic N) is 1. The highest BCUT2D eigenvalue weighted by Gasteiger charge is 2.20. The van der Waals surface area contributed by atoms with E-state index in [1.54, 1.807) is 0 Å². The predicted molar refractivity (Wildman–Crippen MR) is 57.6 cm³/mol. The molecule has 80 valence electrons. The van der Waals surface area contributed by atoms with Crippen LogP contribution in [0, 0.1) is 0 Å². The quantitative estimate of drug-likeness (QED) is 0.203. The standard InChI is InChI=1S/C8H11N5O2/c9-4-5(10)7-3(8(14)6(4)11)1-2-13(15)12-7/h1-2,12,14-15H,9-11H2. The molecule has 1 aromatic carbocycles. The Morgan fingerprint density at radius 2 is 1.80 bits per heavy atom. The average Bonchev–Trinajstić information content (AvgIpc) is 2.23. The molecular formula is C8H11N5O2. The minimum Gasteiger partial charge on any atom is -0.505 e. The van der Waals surface area contributed by atoms with Crippen LogP contribution in [-0.4, -0.2) is 15.5 Å². The summed E-state index contributed by atoms with van der Waals surface area (Å²) in [5, 5.41) is 19.5. The van der Waals surface area contributed by atoms with Gasteiger partial charge >= 0.3 is 0 Å². The number of hydrogen-bond donors (Lipinski definition) is 6. The van der Waals surface area contributed by atoms with Gasteiger partial charge in [0.1, 0.15) is 11.4 Å². The Labute approximate surface area is 85.3 Å². The molecule has 0 atom stereocenters. The Hall–Kier alpha value is -2.28. The second-order valence-corrected chi connectivity index (χ2v) is 3.15. The normalized spacial score (nSPS) is 13.5. The third kappa shape index (κ3) is 1.17. The first-order valence-electron chi connectivity index (χ1n) is 4.14. The lowest BCUT2D eigenvalue weighted by atomic mass is 10.1. The maximum Gasteiger partial charge on any atom is 0.150 e. The zero-order valence-corrected chi connectivity index (χ0v) is 7.73. The molecule has 15 heavy (non-hydrogen) atoms. The molecular weight excluding hydrogens is 198 g/mol. The molecule has 0 aromatic heterocycles. The Bertz CT molecular complexity index is 457. The zero-order valence-electron chi connectivity index (χ0n) is 7.73. The molecule has 1 aromatic rings. The van der Waals surface area contributed by atoms with Gasteiger partial charge in [0.15, 0.2) is 0 Å². The molecule has 0 saturated carbocycles. The van der Waals surface area contributed by atoms with Crippen LogP contribution in [0.3, 0.4) is 0 Å². The fourth-order valence-corrected chi connectivity index (χ4v) is 1.40. The van der Waals surface area contributed by atoms with Crippen LogP contribution in [0.2, 0.25) is 0 Å². The highest BCUT2D eigenvalue weighted by molar-refractivity contribution is 5.97. The lowest BCUT2D eigenvalue weighted by molar-refractivity contribution is -0.0141. The first-order valence-corrected chi connectivity index (χ1v) is 4.14. The molecule has 7 heteroatoms. The number of hydrogen-bond acceptors (Lipinski definition) is 7. The molecule has 0 spiro atoms. The third-order valence-electron chi connectivity index (χ3n) is 2.24. The van der Waals surface area contributed by atoms with Crippen LogP contribution in [-0.2, 0) is 0 Å². The Kier molecular flexibility index (Phi) is 1.77. The third-order valence-corrected chi connectivity index (χ3v) is 2.24. The first kappa shape index (κ1) is 9.28. The van der Waals surface area contributed by atoms with Gasteiger partial charge < -0.3 is 22.3 Å². The topological polar surface area (TPSA) is 134 Å². The molecule has 2 rings (SSSR count). The van der Waals surface area contributed by atoms with E-state index in [4.69, 9.17) is 22.4 Å². The van der Waals surface area contributed by atoms with Gasteiger partial charge in [-0.25, -0.2) is 0 Å². The van der Waals surface area contributed by atoms with Crippen LogP contribution in [0.15, 0.2) is 6.20 Å². The maximum atomic E-state index is 9.68. The number of aromatic hydroxyl groups is 1. The lowest BCUT2D eigenvalue weighted by Gasteiger charge is -2.24. The fourth-order valence-electron chi connectivity index (χ4n) is 1.40. The molecule has 1 aliphatic heterocycles. The van der Waals surface area contributed by atoms with Crippen molar-refractivity contribution in [3.05, 3.63) is 11.8 Å². The van der Waals surface area contributed by atoms with Crippen LogP contribution in [0.4, 0.5) is 22.7 Å². The molecule has 0 bridgehead atoms. The summed E-state index contributed by atoms with van der Waals surface area (Å²) < 4.78 is 0. The SMILES string of the molecule is Nc1c(N)c(O)c2c(c1N)NN(O)C=C2. The van der Waals surface area contributed by atoms with Gasteiger partial charge in [-0.2, -0.15) is 5.17 Å². The highest BCUT2D eigenvalue weighted by atomic mass is 16.5. The number of hydrazine groups is 1. The monoisotopic (exact) mass is 209 g/mol. The summed E-state index contributed by atoms with van der Waals surface area (Å²) >= 11 is 0. The minimum absolute atomic E-state index is 0.0316. The van der Waals surface area contributed by atoms with E-state index in [2.05, 4.69) is 5.43 Å². The molecule has 1 heterocycles. The average molecular weight is 209 g/mol. The molecule has 0 unspecified atom stereocenters. The number of fused-ring (bicyclic) bond motifs is 1. The van der Waals surface area contributed by atoms with Gasteiger partial charge in [0, 0.05) is 5.56 Å². The number of benzene rings is 1. The molecule has 0 saturated heterocycles. The van der Waals surface area contributed by atoms with E-state index in [0.717, 1.165) is 0 Å². The van der Waals surface area contributed by atoms with Gasteiger partial charge in [0.05, 0.1) is 23.3 Å². The largest absolute Gasteiger partial charge is 0.505 e. The van der Waals surface area contributed by atoms with Gasteiger partial charge in [-0.05, 0) is 6.08 Å². The zero-order chi connectivity index (χ0) is 11.2. The minimum atomic E-state index is -0.159. The van der Waals surface area contributed by atoms with Gasteiger partial charge in [-0.15, -0.1) is 0 Å². The summed E-state index contributed by atoms with van der Waals surface area (Å²) in [5.74, 6) is -0.159. The van der Waals surface area contributed by atoms with Crippen molar-refractivity contribution in [3.63, 3.8) is 0 Å². The Morgan fingerprint density at radius 1 is 1.13 bits per heavy atom. The van der Waals surface area contributed by atoms with Crippen molar-refractivity contribution in [3.8, 4) is 5.75 Å². The van der Waals surface area contributed by atoms with Crippen molar-refractivity contribution >= 4 is 28.8 Å². The first-order chi connectivity index (χ1) is 7.02. The van der Waals surface area contributed by atoms with E-state index in [1.165, 1.54) is 12.3 Å². The number of phenolic OH excluding ortho intramolecular Hbond substituents is 1. The second kappa shape index (κ2) is 2.85. The molecule has 0 aliphatic carbocycles. The second-order valence-electron chi connectivity index (χ2n) is 3.15. The number of phenols is 1. The van der Waals surface area contributed by atoms with E-state index in [0.29, 0.717) is 16.4 Å². The van der Waals surface area contributed by atoms with Crippen LogP contribution in [0.25, 0.3) is 6.08 Å². The summed E-state index contributed by atoms with van der Waals surface area (Å²) in [5.41, 5.74) is 20.3. The number of nitrogens with one attached hydrogen (secondary N) is 1. The van der Waals surface area contributed by atoms with Crippen molar-refractivity contribution in [2.75, 3.05) is 22.6 Å². The molecule has 0 amide bonds. The van der Waals surface area contributed by atoms with E-state index >= 15 is 0 Å². The molecule has 7 nitrogen and oxygen atoms in total. The molecule has 0 radical (unpaired) electrons. The fraction of sp³-hybridized carbons (Fsp3) is 0. The van der Waals surface area contributed by atoms with Crippen molar-refractivity contribution in [1.29, 1.82) is 0 Å². The molecule has 0 fully saturated rings. The number of hydroxylamine groups is 1. The summed E-state index contributed by atoms with van der Waals surface area (Å²) in [7, 11) is 0. The highest BCUT2D eigenvalue weighted by Crippen LogP contribution is 2.44. The van der Waals surface area contributed by atoms with Gasteiger partial charge in [-0.1, -0.05) is 0 Å². The van der Waals surface area contributed by atoms with E-state index in [-0.39, 0.29) is 22.8 Å². The number of nitrogen functional groups attached to an aromatic ring is 3. The summed E-state index contributed by atoms with van der Waals surface area (Å²) in [6, 6.07) is 0. The van der Waals surface area contributed by atoms with E-state index in [9.17, 15) is 5.11 Å². The molecule has 1 aliphatic rings. The van der Waals surface area contributed by atoms with Crippen LogP contribution in [0.1, 0.15) is 5.56 Å². The van der Waals surface area contributed by atoms with E-state index < -0.39 is 0 Å². The van der Waals surface area contributed by atoms with Crippen LogP contribution >= 0.6 is 0 Å². The van der Waals surface area contributed by atoms with E-state index in [1.807, 2.05) is 0 Å². The predicted octanol–water partition coefficient (Wildman–Crippen LogP) is 0.141. The van der Waals surface area contributed by atoms with Crippen molar-refractivity contribution < 1.29 is 10.3 Å². The van der Waals surface area contributed by atoms with Gasteiger partial charge in [-0.3, -0.25) is 10.6 Å². The summed E-state index contributed by atoms with van der Waals surface area (Å²) in [4.78, 5) is 0. The van der Waals surface area contributed by atoms with Crippen molar-refractivity contribution in [1.82, 2.24) is 5.17 Å². The van der Waals surface area contributed by atoms with Gasteiger partial charge in [0.2, 0.25) is 0 Å². The van der Waals surface area contributed by atoms with Crippen molar-refractivity contribution in [2.45, 2.75) is 0 Å². The van der Waals surface area contributed by atoms with Crippen LogP contribution in [0.5, 0.6) is 5.75 Å². The number of anilines is 4. The van der Waals surface area contributed by atoms with Gasteiger partial charge in [0.25, 0.3) is 0 Å². The molecule has 9 N–H and O–H groups in total. The maximum absolute atomic E-state index is 9.68. The lowest BCUT2D eigenvalue weighted by Crippen LogP contribution is -2.24. The summed E-state index contributed by atoms with van der Waals surface area (Å²) in [6.07, 6.45) is 2.77. The Balaban J connectivity index is 2.74. The van der Waals surface area contributed by atoms with Crippen molar-refractivity contribution in [2.24, 2.45) is 0 Å².